The molecule has 0 heterocycles. The Labute approximate surface area is 120 Å². The van der Waals surface area contributed by atoms with Crippen LogP contribution in [0.4, 0.5) is 0 Å². The number of esters is 1. The molecule has 0 spiro atoms. The van der Waals surface area contributed by atoms with Crippen molar-refractivity contribution in [1.82, 2.24) is 0 Å². The summed E-state index contributed by atoms with van der Waals surface area (Å²) in [6.45, 7) is 4.23. The van der Waals surface area contributed by atoms with Crippen LogP contribution in [0.1, 0.15) is 90.9 Å². The monoisotopic (exact) mass is 270 g/mol. The molecule has 2 heteroatoms. The minimum absolute atomic E-state index is 0.0629. The van der Waals surface area contributed by atoms with Crippen LogP contribution in [0.15, 0.2) is 0 Å². The normalized spacial score (nSPS) is 12.4. The maximum absolute atomic E-state index is 11.2. The van der Waals surface area contributed by atoms with Crippen molar-refractivity contribution in [3.63, 3.8) is 0 Å². The molecule has 0 saturated carbocycles. The number of methoxy groups -OCH3 is 1. The standard InChI is InChI=1S/C17H34O2/c1-4-5-6-7-8-9-10-11-12-13-14-15-16(2)17(18)19-3/h16H,4-15H2,1-3H3/t16-/m1/s1. The highest BCUT2D eigenvalue weighted by Gasteiger charge is 2.11. The summed E-state index contributed by atoms with van der Waals surface area (Å²) in [4.78, 5) is 11.2. The molecule has 0 rings (SSSR count). The summed E-state index contributed by atoms with van der Waals surface area (Å²) in [6.07, 6.45) is 15.9. The van der Waals surface area contributed by atoms with Crippen molar-refractivity contribution in [2.75, 3.05) is 7.11 Å². The minimum atomic E-state index is -0.0629. The Bertz CT molecular complexity index is 201. The maximum Gasteiger partial charge on any atom is 0.308 e. The third kappa shape index (κ3) is 12.3. The van der Waals surface area contributed by atoms with Gasteiger partial charge in [-0.1, -0.05) is 84.5 Å². The Balaban J connectivity index is 3.12. The molecular weight excluding hydrogens is 236 g/mol. The summed E-state index contributed by atoms with van der Waals surface area (Å²) in [6, 6.07) is 0. The third-order valence-corrected chi connectivity index (χ3v) is 3.84. The highest BCUT2D eigenvalue weighted by Crippen LogP contribution is 2.14. The van der Waals surface area contributed by atoms with Gasteiger partial charge >= 0.3 is 5.97 Å². The third-order valence-electron chi connectivity index (χ3n) is 3.84. The summed E-state index contributed by atoms with van der Waals surface area (Å²) >= 11 is 0. The molecule has 0 amide bonds. The van der Waals surface area contributed by atoms with E-state index in [2.05, 4.69) is 6.92 Å². The Hall–Kier alpha value is -0.530. The van der Waals surface area contributed by atoms with Gasteiger partial charge in [-0.15, -0.1) is 0 Å². The van der Waals surface area contributed by atoms with Crippen molar-refractivity contribution in [3.05, 3.63) is 0 Å². The van der Waals surface area contributed by atoms with E-state index in [0.717, 1.165) is 12.8 Å². The molecule has 0 N–H and O–H groups in total. The number of unbranched alkanes of at least 4 members (excludes halogenated alkanes) is 10. The molecule has 0 unspecified atom stereocenters. The Morgan fingerprint density at radius 3 is 1.68 bits per heavy atom. The maximum atomic E-state index is 11.2. The fourth-order valence-corrected chi connectivity index (χ4v) is 2.43. The average molecular weight is 270 g/mol. The number of hydrogen-bond acceptors (Lipinski definition) is 2. The van der Waals surface area contributed by atoms with E-state index in [1.54, 1.807) is 0 Å². The van der Waals surface area contributed by atoms with Crippen LogP contribution in [0.2, 0.25) is 0 Å². The molecular formula is C17H34O2. The second kappa shape index (κ2) is 13.9. The molecule has 1 atom stereocenters. The van der Waals surface area contributed by atoms with Crippen LogP contribution in [0.3, 0.4) is 0 Å². The largest absolute Gasteiger partial charge is 0.469 e. The number of carbonyl (C=O) groups is 1. The molecule has 0 aromatic carbocycles. The lowest BCUT2D eigenvalue weighted by atomic mass is 10.0. The van der Waals surface area contributed by atoms with Gasteiger partial charge in [0.15, 0.2) is 0 Å². The summed E-state index contributed by atoms with van der Waals surface area (Å²) in [5.41, 5.74) is 0. The van der Waals surface area contributed by atoms with Crippen molar-refractivity contribution in [3.8, 4) is 0 Å². The van der Waals surface area contributed by atoms with Gasteiger partial charge in [-0.05, 0) is 6.42 Å². The van der Waals surface area contributed by atoms with E-state index in [-0.39, 0.29) is 11.9 Å². The molecule has 0 saturated heterocycles. The fraction of sp³-hybridized carbons (Fsp3) is 0.941. The first-order valence-corrected chi connectivity index (χ1v) is 8.30. The summed E-state index contributed by atoms with van der Waals surface area (Å²) in [7, 11) is 1.47. The van der Waals surface area contributed by atoms with Gasteiger partial charge in [0, 0.05) is 0 Å². The molecule has 114 valence electrons. The van der Waals surface area contributed by atoms with Crippen molar-refractivity contribution in [1.29, 1.82) is 0 Å². The van der Waals surface area contributed by atoms with Crippen molar-refractivity contribution in [2.24, 2.45) is 5.92 Å². The summed E-state index contributed by atoms with van der Waals surface area (Å²) in [5, 5.41) is 0. The van der Waals surface area contributed by atoms with Crippen LogP contribution in [0.25, 0.3) is 0 Å². The predicted molar refractivity (Wildman–Crippen MR) is 82.3 cm³/mol. The first kappa shape index (κ1) is 18.5. The number of hydrogen-bond donors (Lipinski definition) is 0. The smallest absolute Gasteiger partial charge is 0.308 e. The van der Waals surface area contributed by atoms with Gasteiger partial charge in [0.25, 0.3) is 0 Å². The van der Waals surface area contributed by atoms with Gasteiger partial charge in [-0.25, -0.2) is 0 Å². The Morgan fingerprint density at radius 2 is 1.26 bits per heavy atom. The van der Waals surface area contributed by atoms with E-state index in [9.17, 15) is 4.79 Å². The molecule has 0 radical (unpaired) electrons. The second-order valence-corrected chi connectivity index (χ2v) is 5.75. The lowest BCUT2D eigenvalue weighted by molar-refractivity contribution is -0.145. The molecule has 0 bridgehead atoms. The van der Waals surface area contributed by atoms with Crippen molar-refractivity contribution >= 4 is 5.97 Å². The van der Waals surface area contributed by atoms with Gasteiger partial charge in [0.2, 0.25) is 0 Å². The van der Waals surface area contributed by atoms with E-state index in [1.165, 1.54) is 71.3 Å². The van der Waals surface area contributed by atoms with Crippen LogP contribution < -0.4 is 0 Å². The van der Waals surface area contributed by atoms with Crippen LogP contribution >= 0.6 is 0 Å². The zero-order valence-electron chi connectivity index (χ0n) is 13.4. The van der Waals surface area contributed by atoms with Crippen LogP contribution in [0.5, 0.6) is 0 Å². The zero-order chi connectivity index (χ0) is 14.3. The number of rotatable bonds is 13. The highest BCUT2D eigenvalue weighted by molar-refractivity contribution is 5.71. The van der Waals surface area contributed by atoms with Gasteiger partial charge in [0.05, 0.1) is 13.0 Å². The number of ether oxygens (including phenoxy) is 1. The predicted octanol–water partition coefficient (Wildman–Crippen LogP) is 5.50. The quantitative estimate of drug-likeness (QED) is 0.326. The Kier molecular flexibility index (Phi) is 13.5. The number of carbonyl (C=O) groups excluding carboxylic acids is 1. The van der Waals surface area contributed by atoms with E-state index >= 15 is 0 Å². The molecule has 0 fully saturated rings. The molecule has 0 aliphatic rings. The van der Waals surface area contributed by atoms with E-state index in [4.69, 9.17) is 4.74 Å². The van der Waals surface area contributed by atoms with E-state index in [1.807, 2.05) is 6.92 Å². The molecule has 0 aromatic heterocycles. The molecule has 0 aliphatic heterocycles. The van der Waals surface area contributed by atoms with Gasteiger partial charge in [-0.2, -0.15) is 0 Å². The van der Waals surface area contributed by atoms with Crippen LogP contribution in [0, 0.1) is 5.92 Å². The molecule has 0 aromatic rings. The lowest BCUT2D eigenvalue weighted by Crippen LogP contribution is -2.12. The van der Waals surface area contributed by atoms with Gasteiger partial charge in [-0.3, -0.25) is 4.79 Å². The first-order valence-electron chi connectivity index (χ1n) is 8.30. The van der Waals surface area contributed by atoms with Crippen LogP contribution in [-0.2, 0) is 9.53 Å². The van der Waals surface area contributed by atoms with Gasteiger partial charge in [0.1, 0.15) is 0 Å². The first-order chi connectivity index (χ1) is 9.22. The van der Waals surface area contributed by atoms with Crippen LogP contribution in [-0.4, -0.2) is 13.1 Å². The highest BCUT2D eigenvalue weighted by atomic mass is 16.5. The Morgan fingerprint density at radius 1 is 0.842 bits per heavy atom. The van der Waals surface area contributed by atoms with Gasteiger partial charge < -0.3 is 4.74 Å². The van der Waals surface area contributed by atoms with Crippen molar-refractivity contribution in [2.45, 2.75) is 90.9 Å². The second-order valence-electron chi connectivity index (χ2n) is 5.75. The summed E-state index contributed by atoms with van der Waals surface area (Å²) in [5.74, 6) is 0.00986. The molecule has 2 nitrogen and oxygen atoms in total. The molecule has 19 heavy (non-hydrogen) atoms. The molecule has 0 aliphatic carbocycles. The van der Waals surface area contributed by atoms with E-state index in [0.29, 0.717) is 0 Å². The topological polar surface area (TPSA) is 26.3 Å². The van der Waals surface area contributed by atoms with E-state index < -0.39 is 0 Å². The SMILES string of the molecule is CCCCCCCCCCCCC[C@@H](C)C(=O)OC. The minimum Gasteiger partial charge on any atom is -0.469 e. The van der Waals surface area contributed by atoms with Crippen molar-refractivity contribution < 1.29 is 9.53 Å². The fourth-order valence-electron chi connectivity index (χ4n) is 2.43. The summed E-state index contributed by atoms with van der Waals surface area (Å²) < 4.78 is 4.72. The average Bonchev–Trinajstić information content (AvgIpc) is 2.43. The lowest BCUT2D eigenvalue weighted by Gasteiger charge is -2.08. The zero-order valence-corrected chi connectivity index (χ0v) is 13.4.